The highest BCUT2D eigenvalue weighted by Gasteiger charge is 2.15. The summed E-state index contributed by atoms with van der Waals surface area (Å²) in [6.07, 6.45) is 2.11. The molecule has 0 spiro atoms. The molecular formula is C18H20FN2O+. The quantitative estimate of drug-likeness (QED) is 0.544. The SMILES string of the molecule is COc1ccc2c(c1)c[n+](CCN(C)C)c1ccc(F)cc21. The van der Waals surface area contributed by atoms with Gasteiger partial charge in [0.25, 0.3) is 0 Å². The van der Waals surface area contributed by atoms with Crippen molar-refractivity contribution >= 4 is 21.7 Å². The fourth-order valence-corrected chi connectivity index (χ4v) is 2.72. The second-order valence-electron chi connectivity index (χ2n) is 5.74. The number of fused-ring (bicyclic) bond motifs is 3. The van der Waals surface area contributed by atoms with Crippen molar-refractivity contribution in [3.05, 3.63) is 48.4 Å². The monoisotopic (exact) mass is 299 g/mol. The summed E-state index contributed by atoms with van der Waals surface area (Å²) in [5, 5.41) is 3.02. The van der Waals surface area contributed by atoms with Gasteiger partial charge in [0.1, 0.15) is 11.6 Å². The number of ether oxygens (including phenoxy) is 1. The van der Waals surface area contributed by atoms with Crippen molar-refractivity contribution in [2.45, 2.75) is 6.54 Å². The van der Waals surface area contributed by atoms with Gasteiger partial charge in [-0.2, -0.15) is 4.57 Å². The molecule has 1 heterocycles. The molecular weight excluding hydrogens is 279 g/mol. The second kappa shape index (κ2) is 5.89. The largest absolute Gasteiger partial charge is 0.497 e. The third-order valence-electron chi connectivity index (χ3n) is 3.90. The van der Waals surface area contributed by atoms with E-state index in [0.717, 1.165) is 40.5 Å². The number of hydrogen-bond donors (Lipinski definition) is 0. The Balaban J connectivity index is 2.26. The summed E-state index contributed by atoms with van der Waals surface area (Å²) in [6, 6.07) is 10.9. The van der Waals surface area contributed by atoms with Crippen LogP contribution in [0.15, 0.2) is 42.6 Å². The molecule has 0 fully saturated rings. The molecule has 3 rings (SSSR count). The van der Waals surface area contributed by atoms with E-state index in [0.29, 0.717) is 0 Å². The summed E-state index contributed by atoms with van der Waals surface area (Å²) >= 11 is 0. The van der Waals surface area contributed by atoms with E-state index >= 15 is 0 Å². The molecule has 0 amide bonds. The number of aromatic nitrogens is 1. The van der Waals surface area contributed by atoms with Gasteiger partial charge in [0.2, 0.25) is 5.52 Å². The first-order valence-corrected chi connectivity index (χ1v) is 7.32. The van der Waals surface area contributed by atoms with Crippen LogP contribution in [0.5, 0.6) is 5.75 Å². The average Bonchev–Trinajstić information content (AvgIpc) is 2.51. The van der Waals surface area contributed by atoms with Crippen molar-refractivity contribution in [3.8, 4) is 5.75 Å². The molecule has 0 bridgehead atoms. The molecule has 0 aliphatic carbocycles. The molecule has 0 aliphatic heterocycles. The van der Waals surface area contributed by atoms with Gasteiger partial charge in [-0.25, -0.2) is 4.39 Å². The molecule has 22 heavy (non-hydrogen) atoms. The number of likely N-dealkylation sites (N-methyl/N-ethyl adjacent to an activating group) is 1. The summed E-state index contributed by atoms with van der Waals surface area (Å²) in [5.41, 5.74) is 1.04. The fraction of sp³-hybridized carbons (Fsp3) is 0.278. The van der Waals surface area contributed by atoms with Crippen LogP contribution in [0.4, 0.5) is 4.39 Å². The van der Waals surface area contributed by atoms with Crippen LogP contribution in [0, 0.1) is 5.82 Å². The second-order valence-corrected chi connectivity index (χ2v) is 5.74. The maximum Gasteiger partial charge on any atom is 0.213 e. The predicted molar refractivity (Wildman–Crippen MR) is 86.7 cm³/mol. The molecule has 0 aliphatic rings. The van der Waals surface area contributed by atoms with Gasteiger partial charge in [-0.3, -0.25) is 0 Å². The number of hydrogen-bond acceptors (Lipinski definition) is 2. The van der Waals surface area contributed by atoms with Gasteiger partial charge >= 0.3 is 0 Å². The van der Waals surface area contributed by atoms with Crippen LogP contribution in [0.25, 0.3) is 21.7 Å². The van der Waals surface area contributed by atoms with Gasteiger partial charge in [-0.05, 0) is 44.4 Å². The highest BCUT2D eigenvalue weighted by atomic mass is 19.1. The Morgan fingerprint density at radius 3 is 2.64 bits per heavy atom. The number of nitrogens with zero attached hydrogens (tertiary/aromatic N) is 2. The van der Waals surface area contributed by atoms with Gasteiger partial charge in [0, 0.05) is 11.5 Å². The Bertz CT molecular complexity index is 830. The Labute approximate surface area is 129 Å². The van der Waals surface area contributed by atoms with Gasteiger partial charge in [-0.1, -0.05) is 0 Å². The smallest absolute Gasteiger partial charge is 0.213 e. The predicted octanol–water partition coefficient (Wildman–Crippen LogP) is 2.99. The molecule has 3 aromatic rings. The van der Waals surface area contributed by atoms with E-state index in [1.165, 1.54) is 6.07 Å². The Kier molecular flexibility index (Phi) is 3.94. The first-order valence-electron chi connectivity index (χ1n) is 7.32. The third kappa shape index (κ3) is 2.74. The molecule has 0 unspecified atom stereocenters. The molecule has 0 saturated carbocycles. The van der Waals surface area contributed by atoms with Crippen molar-refractivity contribution in [3.63, 3.8) is 0 Å². The zero-order chi connectivity index (χ0) is 15.7. The molecule has 114 valence electrons. The lowest BCUT2D eigenvalue weighted by atomic mass is 10.1. The number of pyridine rings is 1. The van der Waals surface area contributed by atoms with Gasteiger partial charge in [0.15, 0.2) is 12.7 Å². The van der Waals surface area contributed by atoms with Crippen LogP contribution in [-0.4, -0.2) is 32.6 Å². The van der Waals surface area contributed by atoms with Crippen molar-refractivity contribution in [2.24, 2.45) is 0 Å². The summed E-state index contributed by atoms with van der Waals surface area (Å²) in [4.78, 5) is 2.14. The van der Waals surface area contributed by atoms with Gasteiger partial charge in [-0.15, -0.1) is 0 Å². The maximum absolute atomic E-state index is 13.7. The number of benzene rings is 2. The topological polar surface area (TPSA) is 16.4 Å². The van der Waals surface area contributed by atoms with E-state index in [4.69, 9.17) is 4.74 Å². The van der Waals surface area contributed by atoms with Crippen LogP contribution in [0.1, 0.15) is 0 Å². The summed E-state index contributed by atoms with van der Waals surface area (Å²) in [5.74, 6) is 0.595. The van der Waals surface area contributed by atoms with Crippen molar-refractivity contribution < 1.29 is 13.7 Å². The molecule has 3 nitrogen and oxygen atoms in total. The molecule has 1 aromatic heterocycles. The molecule has 0 atom stereocenters. The van der Waals surface area contributed by atoms with Crippen molar-refractivity contribution in [2.75, 3.05) is 27.7 Å². The molecule has 4 heteroatoms. The van der Waals surface area contributed by atoms with Crippen LogP contribution in [-0.2, 0) is 6.54 Å². The minimum atomic E-state index is -0.213. The lowest BCUT2D eigenvalue weighted by molar-refractivity contribution is -0.669. The Morgan fingerprint density at radius 2 is 1.91 bits per heavy atom. The number of halogens is 1. The number of rotatable bonds is 4. The van der Waals surface area contributed by atoms with Crippen molar-refractivity contribution in [1.29, 1.82) is 0 Å². The summed E-state index contributed by atoms with van der Waals surface area (Å²) < 4.78 is 21.2. The van der Waals surface area contributed by atoms with E-state index in [-0.39, 0.29) is 5.82 Å². The first kappa shape index (κ1) is 14.7. The van der Waals surface area contributed by atoms with Gasteiger partial charge < -0.3 is 9.64 Å². The fourth-order valence-electron chi connectivity index (χ4n) is 2.72. The molecule has 0 saturated heterocycles. The Hall–Kier alpha value is -2.20. The van der Waals surface area contributed by atoms with E-state index in [1.54, 1.807) is 13.2 Å². The van der Waals surface area contributed by atoms with E-state index in [9.17, 15) is 4.39 Å². The van der Waals surface area contributed by atoms with Crippen molar-refractivity contribution in [1.82, 2.24) is 4.90 Å². The van der Waals surface area contributed by atoms with Crippen LogP contribution >= 0.6 is 0 Å². The number of methoxy groups -OCH3 is 1. The molecule has 0 radical (unpaired) electrons. The van der Waals surface area contributed by atoms with Crippen LogP contribution in [0.3, 0.4) is 0 Å². The first-order chi connectivity index (χ1) is 10.6. The zero-order valence-corrected chi connectivity index (χ0v) is 13.1. The lowest BCUT2D eigenvalue weighted by Crippen LogP contribution is -2.39. The Morgan fingerprint density at radius 1 is 1.09 bits per heavy atom. The zero-order valence-electron chi connectivity index (χ0n) is 13.1. The van der Waals surface area contributed by atoms with Crippen LogP contribution < -0.4 is 9.30 Å². The molecule has 2 aromatic carbocycles. The normalized spacial score (nSPS) is 11.5. The third-order valence-corrected chi connectivity index (χ3v) is 3.90. The highest BCUT2D eigenvalue weighted by molar-refractivity contribution is 6.04. The lowest BCUT2D eigenvalue weighted by Gasteiger charge is -2.10. The summed E-state index contributed by atoms with van der Waals surface area (Å²) in [6.45, 7) is 1.77. The van der Waals surface area contributed by atoms with E-state index < -0.39 is 0 Å². The highest BCUT2D eigenvalue weighted by Crippen LogP contribution is 2.26. The average molecular weight is 299 g/mol. The minimum absolute atomic E-state index is 0.213. The molecule has 0 N–H and O–H groups in total. The van der Waals surface area contributed by atoms with Gasteiger partial charge in [0.05, 0.1) is 24.4 Å². The standard InChI is InChI=1S/C18H20FN2O/c1-20(2)8-9-21-12-13-10-15(22-3)5-6-16(13)17-11-14(19)4-7-18(17)21/h4-7,10-12H,8-9H2,1-3H3/q+1. The van der Waals surface area contributed by atoms with Crippen LogP contribution in [0.2, 0.25) is 0 Å². The maximum atomic E-state index is 13.7. The van der Waals surface area contributed by atoms with E-state index in [2.05, 4.69) is 15.7 Å². The minimum Gasteiger partial charge on any atom is -0.497 e. The summed E-state index contributed by atoms with van der Waals surface area (Å²) in [7, 11) is 5.75. The van der Waals surface area contributed by atoms with E-state index in [1.807, 2.05) is 38.4 Å².